The minimum atomic E-state index is -1.24. The number of halogens is 1. The van der Waals surface area contributed by atoms with Gasteiger partial charge < -0.3 is 10.4 Å². The fourth-order valence-corrected chi connectivity index (χ4v) is 1.49. The van der Waals surface area contributed by atoms with Crippen molar-refractivity contribution in [3.05, 3.63) is 47.1 Å². The second-order valence-corrected chi connectivity index (χ2v) is 3.71. The highest BCUT2D eigenvalue weighted by Crippen LogP contribution is 2.10. The number of nitrogens with one attached hydrogen (secondary N) is 1. The van der Waals surface area contributed by atoms with E-state index in [1.54, 1.807) is 0 Å². The summed E-state index contributed by atoms with van der Waals surface area (Å²) in [6.45, 7) is 0. The maximum Gasteiger partial charge on any atom is 0.338 e. The van der Waals surface area contributed by atoms with Gasteiger partial charge in [-0.25, -0.2) is 14.8 Å². The van der Waals surface area contributed by atoms with Gasteiger partial charge in [-0.3, -0.25) is 9.78 Å². The summed E-state index contributed by atoms with van der Waals surface area (Å²) < 4.78 is 0. The standard InChI is InChI=1S/C11H7ClN4O3/c12-11-14-5-3-7(16-11)15-9(17)8-6(10(18)19)2-1-4-13-8/h1-5H,(H,18,19)(H,14,15,16,17). The van der Waals surface area contributed by atoms with E-state index in [4.69, 9.17) is 16.7 Å². The van der Waals surface area contributed by atoms with Gasteiger partial charge in [0, 0.05) is 12.4 Å². The van der Waals surface area contributed by atoms with Gasteiger partial charge in [-0.2, -0.15) is 0 Å². The Hall–Kier alpha value is -2.54. The van der Waals surface area contributed by atoms with E-state index >= 15 is 0 Å². The van der Waals surface area contributed by atoms with Crippen LogP contribution in [0.4, 0.5) is 5.82 Å². The molecule has 19 heavy (non-hydrogen) atoms. The number of carbonyl (C=O) groups excluding carboxylic acids is 1. The van der Waals surface area contributed by atoms with Crippen molar-refractivity contribution in [2.45, 2.75) is 0 Å². The third-order valence-corrected chi connectivity index (χ3v) is 2.30. The molecule has 0 saturated carbocycles. The second kappa shape index (κ2) is 5.40. The van der Waals surface area contributed by atoms with Gasteiger partial charge in [0.2, 0.25) is 5.28 Å². The molecule has 0 unspecified atom stereocenters. The fourth-order valence-electron chi connectivity index (χ4n) is 1.34. The fraction of sp³-hybridized carbons (Fsp3) is 0. The molecule has 8 heteroatoms. The monoisotopic (exact) mass is 278 g/mol. The average molecular weight is 279 g/mol. The summed E-state index contributed by atoms with van der Waals surface area (Å²) in [6, 6.07) is 4.14. The second-order valence-electron chi connectivity index (χ2n) is 3.37. The van der Waals surface area contributed by atoms with Gasteiger partial charge in [0.05, 0.1) is 5.56 Å². The number of carbonyl (C=O) groups is 2. The number of carboxylic acid groups (broad SMARTS) is 1. The van der Waals surface area contributed by atoms with Crippen molar-refractivity contribution < 1.29 is 14.7 Å². The van der Waals surface area contributed by atoms with Crippen LogP contribution in [0.1, 0.15) is 20.8 Å². The van der Waals surface area contributed by atoms with Crippen molar-refractivity contribution in [2.75, 3.05) is 5.32 Å². The van der Waals surface area contributed by atoms with E-state index in [1.165, 1.54) is 30.6 Å². The summed E-state index contributed by atoms with van der Waals surface area (Å²) in [5.74, 6) is -1.77. The first-order valence-electron chi connectivity index (χ1n) is 5.06. The predicted octanol–water partition coefficient (Wildman–Crippen LogP) is 1.48. The number of aromatic carboxylic acids is 1. The number of aromatic nitrogens is 3. The highest BCUT2D eigenvalue weighted by Gasteiger charge is 2.18. The van der Waals surface area contributed by atoms with Crippen LogP contribution in [0.25, 0.3) is 0 Å². The van der Waals surface area contributed by atoms with Crippen LogP contribution in [0.15, 0.2) is 30.6 Å². The first kappa shape index (κ1) is 12.9. The number of hydrogen-bond donors (Lipinski definition) is 2. The molecule has 1 amide bonds. The minimum Gasteiger partial charge on any atom is -0.478 e. The van der Waals surface area contributed by atoms with E-state index in [1.807, 2.05) is 0 Å². The maximum atomic E-state index is 11.9. The predicted molar refractivity (Wildman–Crippen MR) is 66.2 cm³/mol. The molecule has 0 saturated heterocycles. The molecule has 0 atom stereocenters. The smallest absolute Gasteiger partial charge is 0.338 e. The Kier molecular flexibility index (Phi) is 3.67. The number of hydrogen-bond acceptors (Lipinski definition) is 5. The van der Waals surface area contributed by atoms with Crippen molar-refractivity contribution in [3.8, 4) is 0 Å². The van der Waals surface area contributed by atoms with Crippen molar-refractivity contribution in [1.82, 2.24) is 15.0 Å². The molecule has 7 nitrogen and oxygen atoms in total. The summed E-state index contributed by atoms with van der Waals surface area (Å²) in [5.41, 5.74) is -0.398. The Bertz CT molecular complexity index is 647. The molecule has 2 rings (SSSR count). The number of nitrogens with zero attached hydrogens (tertiary/aromatic N) is 3. The van der Waals surface area contributed by atoms with Crippen LogP contribution < -0.4 is 5.32 Å². The Balaban J connectivity index is 2.28. The zero-order valence-corrected chi connectivity index (χ0v) is 10.1. The Morgan fingerprint density at radius 1 is 1.21 bits per heavy atom. The number of rotatable bonds is 3. The normalized spacial score (nSPS) is 9.95. The van der Waals surface area contributed by atoms with Crippen LogP contribution >= 0.6 is 11.6 Å². The van der Waals surface area contributed by atoms with E-state index in [0.29, 0.717) is 0 Å². The third kappa shape index (κ3) is 3.02. The summed E-state index contributed by atoms with van der Waals surface area (Å²) in [7, 11) is 0. The zero-order valence-electron chi connectivity index (χ0n) is 9.37. The van der Waals surface area contributed by atoms with Crippen LogP contribution in [0.3, 0.4) is 0 Å². The summed E-state index contributed by atoms with van der Waals surface area (Å²) >= 11 is 5.57. The van der Waals surface area contributed by atoms with Crippen molar-refractivity contribution in [1.29, 1.82) is 0 Å². The summed E-state index contributed by atoms with van der Waals surface area (Å²) in [6.07, 6.45) is 2.69. The molecule has 0 spiro atoms. The van der Waals surface area contributed by atoms with E-state index in [0.717, 1.165) is 0 Å². The van der Waals surface area contributed by atoms with Gasteiger partial charge in [0.1, 0.15) is 11.5 Å². The summed E-state index contributed by atoms with van der Waals surface area (Å²) in [4.78, 5) is 34.0. The van der Waals surface area contributed by atoms with Crippen LogP contribution in [0.5, 0.6) is 0 Å². The molecule has 0 aliphatic rings. The molecule has 2 aromatic heterocycles. The number of pyridine rings is 1. The maximum absolute atomic E-state index is 11.9. The van der Waals surface area contributed by atoms with Gasteiger partial charge in [-0.05, 0) is 29.8 Å². The molecule has 0 radical (unpaired) electrons. The van der Waals surface area contributed by atoms with Crippen molar-refractivity contribution in [2.24, 2.45) is 0 Å². The molecule has 96 valence electrons. The lowest BCUT2D eigenvalue weighted by molar-refractivity contribution is 0.0691. The van der Waals surface area contributed by atoms with E-state index in [-0.39, 0.29) is 22.4 Å². The van der Waals surface area contributed by atoms with Gasteiger partial charge in [-0.1, -0.05) is 0 Å². The first-order valence-corrected chi connectivity index (χ1v) is 5.44. The molecule has 2 N–H and O–H groups in total. The molecule has 2 heterocycles. The third-order valence-electron chi connectivity index (χ3n) is 2.12. The lowest BCUT2D eigenvalue weighted by atomic mass is 10.2. The molecule has 0 fully saturated rings. The van der Waals surface area contributed by atoms with E-state index in [9.17, 15) is 9.59 Å². The Labute approximate surface area is 112 Å². The molecule has 0 aliphatic carbocycles. The minimum absolute atomic E-state index is 0.0303. The molecule has 0 aromatic carbocycles. The summed E-state index contributed by atoms with van der Waals surface area (Å²) in [5, 5.41) is 11.3. The van der Waals surface area contributed by atoms with Crippen LogP contribution in [-0.2, 0) is 0 Å². The highest BCUT2D eigenvalue weighted by molar-refractivity contribution is 6.28. The van der Waals surface area contributed by atoms with Gasteiger partial charge in [0.25, 0.3) is 5.91 Å². The highest BCUT2D eigenvalue weighted by atomic mass is 35.5. The topological polar surface area (TPSA) is 105 Å². The van der Waals surface area contributed by atoms with E-state index < -0.39 is 11.9 Å². The quantitative estimate of drug-likeness (QED) is 0.824. The van der Waals surface area contributed by atoms with Gasteiger partial charge in [-0.15, -0.1) is 0 Å². The first-order chi connectivity index (χ1) is 9.08. The molecule has 0 bridgehead atoms. The molecular weight excluding hydrogens is 272 g/mol. The van der Waals surface area contributed by atoms with Gasteiger partial charge in [0.15, 0.2) is 0 Å². The SMILES string of the molecule is O=C(O)c1cccnc1C(=O)Nc1ccnc(Cl)n1. The number of anilines is 1. The lowest BCUT2D eigenvalue weighted by Gasteiger charge is -2.05. The largest absolute Gasteiger partial charge is 0.478 e. The molecule has 0 aliphatic heterocycles. The van der Waals surface area contributed by atoms with Crippen LogP contribution in [-0.4, -0.2) is 31.9 Å². The molecular formula is C11H7ClN4O3. The van der Waals surface area contributed by atoms with Crippen molar-refractivity contribution in [3.63, 3.8) is 0 Å². The number of carboxylic acids is 1. The zero-order chi connectivity index (χ0) is 13.8. The lowest BCUT2D eigenvalue weighted by Crippen LogP contribution is -2.18. The van der Waals surface area contributed by atoms with E-state index in [2.05, 4.69) is 20.3 Å². The molecule has 2 aromatic rings. The Morgan fingerprint density at radius 2 is 2.00 bits per heavy atom. The average Bonchev–Trinajstić information content (AvgIpc) is 2.38. The van der Waals surface area contributed by atoms with Gasteiger partial charge >= 0.3 is 5.97 Å². The van der Waals surface area contributed by atoms with Crippen molar-refractivity contribution >= 4 is 29.3 Å². The van der Waals surface area contributed by atoms with Crippen LogP contribution in [0, 0.1) is 0 Å². The Morgan fingerprint density at radius 3 is 2.68 bits per heavy atom. The van der Waals surface area contributed by atoms with Crippen LogP contribution in [0.2, 0.25) is 5.28 Å². The number of amides is 1.